The lowest BCUT2D eigenvalue weighted by molar-refractivity contribution is -0.144. The number of carbonyl (C=O) groups is 1. The molecule has 0 bridgehead atoms. The zero-order valence-corrected chi connectivity index (χ0v) is 20.5. The maximum absolute atomic E-state index is 12.2. The van der Waals surface area contributed by atoms with E-state index in [-0.39, 0.29) is 17.8 Å². The number of hydrogen-bond acceptors (Lipinski definition) is 6. The minimum atomic E-state index is -0.188. The first-order valence-corrected chi connectivity index (χ1v) is 12.4. The van der Waals surface area contributed by atoms with Gasteiger partial charge in [0.15, 0.2) is 5.88 Å². The Balaban J connectivity index is 1.73. The van der Waals surface area contributed by atoms with Crippen molar-refractivity contribution in [3.05, 3.63) is 52.8 Å². The zero-order chi connectivity index (χ0) is 23.5. The number of rotatable bonds is 9. The van der Waals surface area contributed by atoms with Gasteiger partial charge in [0.25, 0.3) is 0 Å². The molecular weight excluding hydrogens is 434 g/mol. The molecule has 0 saturated heterocycles. The summed E-state index contributed by atoms with van der Waals surface area (Å²) in [5.41, 5.74) is 5.82. The zero-order valence-electron chi connectivity index (χ0n) is 19.7. The van der Waals surface area contributed by atoms with Crippen LogP contribution in [0.2, 0.25) is 0 Å². The average Bonchev–Trinajstić information content (AvgIpc) is 3.29. The normalized spacial score (nSPS) is 12.5. The molecule has 33 heavy (non-hydrogen) atoms. The maximum atomic E-state index is 12.2. The number of ether oxygens (including phenoxy) is 1. The topological polar surface area (TPSA) is 77.2 Å². The smallest absolute Gasteiger partial charge is 0.306 e. The fraction of sp³-hybridized carbons (Fsp3) is 0.423. The van der Waals surface area contributed by atoms with Crippen LogP contribution >= 0.6 is 11.5 Å². The van der Waals surface area contributed by atoms with E-state index in [2.05, 4.69) is 37.9 Å². The third kappa shape index (κ3) is 4.74. The number of fused-ring (bicyclic) bond motifs is 2. The molecule has 0 fully saturated rings. The van der Waals surface area contributed by atoms with Crippen LogP contribution in [0, 0.1) is 19.8 Å². The van der Waals surface area contributed by atoms with E-state index in [0.29, 0.717) is 26.0 Å². The predicted molar refractivity (Wildman–Crippen MR) is 133 cm³/mol. The summed E-state index contributed by atoms with van der Waals surface area (Å²) in [7, 11) is 0. The number of carbonyl (C=O) groups excluding carboxylic acids is 1. The summed E-state index contributed by atoms with van der Waals surface area (Å²) in [6.07, 6.45) is 4.51. The van der Waals surface area contributed by atoms with Gasteiger partial charge in [-0.05, 0) is 80.4 Å². The van der Waals surface area contributed by atoms with Crippen molar-refractivity contribution in [3.63, 3.8) is 0 Å². The van der Waals surface area contributed by atoms with E-state index in [1.165, 1.54) is 22.7 Å². The fourth-order valence-corrected chi connectivity index (χ4v) is 5.75. The summed E-state index contributed by atoms with van der Waals surface area (Å²) in [5, 5.41) is 12.5. The fourth-order valence-electron chi connectivity index (χ4n) is 4.78. The Kier molecular flexibility index (Phi) is 6.98. The van der Waals surface area contributed by atoms with E-state index < -0.39 is 0 Å². The van der Waals surface area contributed by atoms with Gasteiger partial charge in [0.2, 0.25) is 0 Å². The highest BCUT2D eigenvalue weighted by molar-refractivity contribution is 7.13. The Morgan fingerprint density at radius 1 is 1.27 bits per heavy atom. The van der Waals surface area contributed by atoms with Crippen LogP contribution in [-0.4, -0.2) is 31.6 Å². The van der Waals surface area contributed by atoms with Crippen molar-refractivity contribution in [2.24, 2.45) is 5.92 Å². The number of nitrogens with zero attached hydrogens (tertiary/aromatic N) is 3. The molecule has 6 nitrogen and oxygen atoms in total. The van der Waals surface area contributed by atoms with E-state index in [1.54, 1.807) is 6.20 Å². The third-order valence-corrected chi connectivity index (χ3v) is 6.96. The quantitative estimate of drug-likeness (QED) is 0.310. The molecule has 0 spiro atoms. The van der Waals surface area contributed by atoms with Crippen molar-refractivity contribution in [1.82, 2.24) is 13.9 Å². The standard InChI is InChI=1S/C26H31N3O3S/c1-5-8-18(14-23(30)32-6-2)13-19-25-21(9-7-10-27-25)29(26(19)31)15-20-24-17(4)11-16(3)12-22(24)33-28-20/h7,9-12,18,31H,5-6,8,13-15H2,1-4H3. The summed E-state index contributed by atoms with van der Waals surface area (Å²) in [6, 6.07) is 8.20. The molecule has 0 aliphatic carbocycles. The molecule has 3 aromatic heterocycles. The molecular formula is C26H31N3O3S. The Morgan fingerprint density at radius 2 is 2.09 bits per heavy atom. The van der Waals surface area contributed by atoms with Crippen molar-refractivity contribution in [2.75, 3.05) is 6.61 Å². The molecule has 1 N–H and O–H groups in total. The molecule has 7 heteroatoms. The maximum Gasteiger partial charge on any atom is 0.306 e. The summed E-state index contributed by atoms with van der Waals surface area (Å²) < 4.78 is 13.0. The Morgan fingerprint density at radius 3 is 2.85 bits per heavy atom. The molecule has 4 aromatic rings. The summed E-state index contributed by atoms with van der Waals surface area (Å²) in [5.74, 6) is 0.109. The highest BCUT2D eigenvalue weighted by atomic mass is 32.1. The van der Waals surface area contributed by atoms with Gasteiger partial charge in [-0.2, -0.15) is 4.37 Å². The van der Waals surface area contributed by atoms with Crippen LogP contribution < -0.4 is 0 Å². The lowest BCUT2D eigenvalue weighted by atomic mass is 9.92. The minimum absolute atomic E-state index is 0.0892. The van der Waals surface area contributed by atoms with E-state index >= 15 is 0 Å². The molecule has 174 valence electrons. The van der Waals surface area contributed by atoms with Gasteiger partial charge in [0.05, 0.1) is 34.6 Å². The molecule has 4 rings (SSSR count). The van der Waals surface area contributed by atoms with Crippen LogP contribution in [0.15, 0.2) is 30.5 Å². The third-order valence-electron chi connectivity index (χ3n) is 6.13. The van der Waals surface area contributed by atoms with E-state index in [1.807, 2.05) is 23.6 Å². The van der Waals surface area contributed by atoms with Gasteiger partial charge >= 0.3 is 5.97 Å². The van der Waals surface area contributed by atoms with Crippen molar-refractivity contribution >= 4 is 38.6 Å². The molecule has 1 atom stereocenters. The largest absolute Gasteiger partial charge is 0.494 e. The van der Waals surface area contributed by atoms with Gasteiger partial charge in [0, 0.05) is 23.6 Å². The average molecular weight is 466 g/mol. The second-order valence-electron chi connectivity index (χ2n) is 8.71. The van der Waals surface area contributed by atoms with Gasteiger partial charge in [-0.1, -0.05) is 19.4 Å². The number of esters is 1. The first kappa shape index (κ1) is 23.2. The first-order valence-electron chi connectivity index (χ1n) is 11.6. The minimum Gasteiger partial charge on any atom is -0.494 e. The van der Waals surface area contributed by atoms with Gasteiger partial charge in [-0.15, -0.1) is 0 Å². The lowest BCUT2D eigenvalue weighted by Crippen LogP contribution is -2.14. The highest BCUT2D eigenvalue weighted by Crippen LogP contribution is 2.36. The molecule has 0 radical (unpaired) electrons. The van der Waals surface area contributed by atoms with Crippen LogP contribution in [0.1, 0.15) is 55.5 Å². The van der Waals surface area contributed by atoms with E-state index in [9.17, 15) is 9.90 Å². The number of aromatic nitrogens is 3. The molecule has 1 aromatic carbocycles. The molecule has 1 unspecified atom stereocenters. The van der Waals surface area contributed by atoms with Crippen molar-refractivity contribution in [3.8, 4) is 5.88 Å². The number of benzene rings is 1. The number of aryl methyl sites for hydroxylation is 2. The summed E-state index contributed by atoms with van der Waals surface area (Å²) in [4.78, 5) is 16.7. The van der Waals surface area contributed by atoms with Crippen LogP contribution in [0.5, 0.6) is 5.88 Å². The van der Waals surface area contributed by atoms with E-state index in [4.69, 9.17) is 9.11 Å². The lowest BCUT2D eigenvalue weighted by Gasteiger charge is -2.15. The first-order chi connectivity index (χ1) is 15.9. The second-order valence-corrected chi connectivity index (χ2v) is 9.52. The van der Waals surface area contributed by atoms with Gasteiger partial charge in [-0.3, -0.25) is 9.78 Å². The Bertz CT molecular complexity index is 1290. The van der Waals surface area contributed by atoms with Crippen LogP contribution in [-0.2, 0) is 22.5 Å². The number of hydrogen-bond donors (Lipinski definition) is 1. The van der Waals surface area contributed by atoms with Crippen molar-refractivity contribution in [2.45, 2.75) is 59.9 Å². The van der Waals surface area contributed by atoms with Crippen molar-refractivity contribution < 1.29 is 14.6 Å². The number of pyridine rings is 1. The SMILES string of the molecule is CCCC(CC(=O)OCC)Cc1c(O)n(Cc2nsc3cc(C)cc(C)c23)c2cccnc12. The number of aromatic hydroxyl groups is 1. The second kappa shape index (κ2) is 9.91. The Labute approximate surface area is 198 Å². The molecule has 0 aliphatic heterocycles. The highest BCUT2D eigenvalue weighted by Gasteiger charge is 2.24. The van der Waals surface area contributed by atoms with Gasteiger partial charge in [-0.25, -0.2) is 0 Å². The van der Waals surface area contributed by atoms with Crippen LogP contribution in [0.4, 0.5) is 0 Å². The van der Waals surface area contributed by atoms with Gasteiger partial charge < -0.3 is 14.4 Å². The van der Waals surface area contributed by atoms with Crippen LogP contribution in [0.3, 0.4) is 0 Å². The van der Waals surface area contributed by atoms with Crippen LogP contribution in [0.25, 0.3) is 21.1 Å². The molecule has 3 heterocycles. The monoisotopic (exact) mass is 465 g/mol. The molecule has 0 saturated carbocycles. The summed E-state index contributed by atoms with van der Waals surface area (Å²) >= 11 is 1.50. The van der Waals surface area contributed by atoms with E-state index in [0.717, 1.165) is 45.2 Å². The predicted octanol–water partition coefficient (Wildman–Crippen LogP) is 5.93. The van der Waals surface area contributed by atoms with Crippen molar-refractivity contribution in [1.29, 1.82) is 0 Å². The Hall–Kier alpha value is -2.93. The molecule has 0 amide bonds. The molecule has 0 aliphatic rings. The van der Waals surface area contributed by atoms with Gasteiger partial charge in [0.1, 0.15) is 0 Å². The summed E-state index contributed by atoms with van der Waals surface area (Å²) in [6.45, 7) is 8.98.